The van der Waals surface area contributed by atoms with Gasteiger partial charge in [0, 0.05) is 17.6 Å². The zero-order chi connectivity index (χ0) is 9.26. The van der Waals surface area contributed by atoms with Crippen LogP contribution in [0, 0.1) is 0 Å². The van der Waals surface area contributed by atoms with E-state index >= 15 is 0 Å². The van der Waals surface area contributed by atoms with Crippen LogP contribution in [0.4, 0.5) is 0 Å². The van der Waals surface area contributed by atoms with E-state index in [0.717, 1.165) is 21.5 Å². The number of nitrogens with zero attached hydrogens (tertiary/aromatic N) is 2. The van der Waals surface area contributed by atoms with Gasteiger partial charge < -0.3 is 0 Å². The summed E-state index contributed by atoms with van der Waals surface area (Å²) in [5, 5.41) is 8.08. The van der Waals surface area contributed by atoms with Crippen molar-refractivity contribution in [2.75, 3.05) is 12.9 Å². The average molecular weight is 213 g/mol. The van der Waals surface area contributed by atoms with Crippen molar-refractivity contribution in [3.05, 3.63) is 34.9 Å². The fourth-order valence-electron chi connectivity index (χ4n) is 1.13. The van der Waals surface area contributed by atoms with Crippen molar-refractivity contribution in [3.63, 3.8) is 0 Å². The average Bonchev–Trinajstić information content (AvgIpc) is 2.52. The Bertz CT molecular complexity index is 351. The summed E-state index contributed by atoms with van der Waals surface area (Å²) in [4.78, 5) is 0. The van der Waals surface area contributed by atoms with E-state index in [1.165, 1.54) is 0 Å². The first kappa shape index (κ1) is 8.91. The molecular formula is C9H9ClN2S. The van der Waals surface area contributed by atoms with E-state index < -0.39 is 0 Å². The molecule has 0 bridgehead atoms. The first-order valence-corrected chi connectivity index (χ1v) is 5.30. The Morgan fingerprint density at radius 1 is 1.54 bits per heavy atom. The van der Waals surface area contributed by atoms with Gasteiger partial charge in [0.1, 0.15) is 5.04 Å². The molecule has 0 aliphatic carbocycles. The standard InChI is InChI=1S/C9H9ClN2S/c1-12-6-13-9(11-12)7-3-2-4-8(10)5-7/h2-5H,6H2,1H3. The van der Waals surface area contributed by atoms with Crippen LogP contribution in [0.5, 0.6) is 0 Å². The van der Waals surface area contributed by atoms with Crippen molar-refractivity contribution in [2.24, 2.45) is 5.10 Å². The van der Waals surface area contributed by atoms with Gasteiger partial charge in [-0.05, 0) is 12.1 Å². The van der Waals surface area contributed by atoms with Crippen molar-refractivity contribution in [1.82, 2.24) is 5.01 Å². The minimum absolute atomic E-state index is 0.760. The van der Waals surface area contributed by atoms with Crippen LogP contribution in [0.15, 0.2) is 29.4 Å². The first-order valence-electron chi connectivity index (χ1n) is 3.94. The topological polar surface area (TPSA) is 15.6 Å². The largest absolute Gasteiger partial charge is 0.289 e. The Morgan fingerprint density at radius 3 is 3.00 bits per heavy atom. The molecule has 0 spiro atoms. The van der Waals surface area contributed by atoms with Gasteiger partial charge in [0.25, 0.3) is 0 Å². The third-order valence-corrected chi connectivity index (χ3v) is 3.05. The number of hydrogen-bond acceptors (Lipinski definition) is 3. The number of benzene rings is 1. The molecule has 2 rings (SSSR count). The normalized spacial score (nSPS) is 16.2. The van der Waals surface area contributed by atoms with Crippen LogP contribution in [0.3, 0.4) is 0 Å². The maximum Gasteiger partial charge on any atom is 0.125 e. The van der Waals surface area contributed by atoms with E-state index in [-0.39, 0.29) is 0 Å². The van der Waals surface area contributed by atoms with Crippen molar-refractivity contribution >= 4 is 28.4 Å². The molecule has 1 aromatic rings. The number of hydrazone groups is 1. The van der Waals surface area contributed by atoms with Gasteiger partial charge in [-0.15, -0.1) is 0 Å². The smallest absolute Gasteiger partial charge is 0.125 e. The van der Waals surface area contributed by atoms with Gasteiger partial charge in [0.2, 0.25) is 0 Å². The van der Waals surface area contributed by atoms with E-state index in [2.05, 4.69) is 5.10 Å². The molecule has 4 heteroatoms. The molecule has 0 amide bonds. The van der Waals surface area contributed by atoms with Crippen molar-refractivity contribution in [3.8, 4) is 0 Å². The third-order valence-electron chi connectivity index (χ3n) is 1.72. The summed E-state index contributed by atoms with van der Waals surface area (Å²) in [5.41, 5.74) is 1.10. The summed E-state index contributed by atoms with van der Waals surface area (Å²) in [5.74, 6) is 0.918. The molecule has 1 aliphatic rings. The fraction of sp³-hybridized carbons (Fsp3) is 0.222. The van der Waals surface area contributed by atoms with E-state index in [4.69, 9.17) is 11.6 Å². The third kappa shape index (κ3) is 1.98. The molecule has 68 valence electrons. The molecule has 0 unspecified atom stereocenters. The molecule has 0 radical (unpaired) electrons. The lowest BCUT2D eigenvalue weighted by Gasteiger charge is -1.99. The number of rotatable bonds is 1. The zero-order valence-electron chi connectivity index (χ0n) is 7.20. The SMILES string of the molecule is CN1CSC(c2cccc(Cl)c2)=N1. The van der Waals surface area contributed by atoms with Gasteiger partial charge in [-0.25, -0.2) is 0 Å². The van der Waals surface area contributed by atoms with E-state index in [1.807, 2.05) is 36.3 Å². The van der Waals surface area contributed by atoms with Crippen LogP contribution in [0.25, 0.3) is 0 Å². The molecule has 0 aromatic heterocycles. The molecule has 0 atom stereocenters. The molecule has 0 N–H and O–H groups in total. The number of hydrogen-bond donors (Lipinski definition) is 0. The van der Waals surface area contributed by atoms with Crippen molar-refractivity contribution in [1.29, 1.82) is 0 Å². The molecule has 1 aromatic carbocycles. The van der Waals surface area contributed by atoms with E-state index in [1.54, 1.807) is 11.8 Å². The van der Waals surface area contributed by atoms with Gasteiger partial charge >= 0.3 is 0 Å². The summed E-state index contributed by atoms with van der Waals surface area (Å²) < 4.78 is 0. The fourth-order valence-corrected chi connectivity index (χ4v) is 2.18. The van der Waals surface area contributed by atoms with Crippen molar-refractivity contribution < 1.29 is 0 Å². The highest BCUT2D eigenvalue weighted by Crippen LogP contribution is 2.22. The minimum Gasteiger partial charge on any atom is -0.289 e. The lowest BCUT2D eigenvalue weighted by atomic mass is 10.2. The molecular weight excluding hydrogens is 204 g/mol. The second-order valence-corrected chi connectivity index (χ2v) is 4.22. The van der Waals surface area contributed by atoms with Gasteiger partial charge in [-0.2, -0.15) is 5.10 Å². The summed E-state index contributed by atoms with van der Waals surface area (Å²) >= 11 is 7.61. The quantitative estimate of drug-likeness (QED) is 0.711. The lowest BCUT2D eigenvalue weighted by molar-refractivity contribution is 0.430. The van der Waals surface area contributed by atoms with Gasteiger partial charge in [-0.1, -0.05) is 35.5 Å². The second-order valence-electron chi connectivity index (χ2n) is 2.85. The summed E-state index contributed by atoms with van der Waals surface area (Å²) in [6, 6.07) is 7.78. The Morgan fingerprint density at radius 2 is 2.38 bits per heavy atom. The highest BCUT2D eigenvalue weighted by Gasteiger charge is 2.13. The second kappa shape index (κ2) is 3.60. The van der Waals surface area contributed by atoms with Crippen LogP contribution in [-0.2, 0) is 0 Å². The van der Waals surface area contributed by atoms with Crippen LogP contribution in [0.1, 0.15) is 5.56 Å². The molecule has 0 fully saturated rings. The van der Waals surface area contributed by atoms with Crippen LogP contribution in [-0.4, -0.2) is 23.0 Å². The van der Waals surface area contributed by atoms with Gasteiger partial charge in [-0.3, -0.25) is 5.01 Å². The van der Waals surface area contributed by atoms with Crippen molar-refractivity contribution in [2.45, 2.75) is 0 Å². The highest BCUT2D eigenvalue weighted by molar-refractivity contribution is 8.14. The highest BCUT2D eigenvalue weighted by atomic mass is 35.5. The maximum atomic E-state index is 5.88. The van der Waals surface area contributed by atoms with Gasteiger partial charge in [0.15, 0.2) is 0 Å². The summed E-state index contributed by atoms with van der Waals surface area (Å²) in [6.45, 7) is 0. The maximum absolute atomic E-state index is 5.88. The Balaban J connectivity index is 2.31. The number of thioether (sulfide) groups is 1. The molecule has 1 heterocycles. The Hall–Kier alpha value is -0.670. The molecule has 2 nitrogen and oxygen atoms in total. The molecule has 1 aliphatic heterocycles. The lowest BCUT2D eigenvalue weighted by Crippen LogP contribution is -2.02. The summed E-state index contributed by atoms with van der Waals surface area (Å²) in [7, 11) is 1.96. The van der Waals surface area contributed by atoms with E-state index in [9.17, 15) is 0 Å². The van der Waals surface area contributed by atoms with Crippen LogP contribution >= 0.6 is 23.4 Å². The monoisotopic (exact) mass is 212 g/mol. The predicted octanol–water partition coefficient (Wildman–Crippen LogP) is 2.64. The van der Waals surface area contributed by atoms with Crippen LogP contribution < -0.4 is 0 Å². The van der Waals surface area contributed by atoms with Crippen LogP contribution in [0.2, 0.25) is 5.02 Å². The van der Waals surface area contributed by atoms with E-state index in [0.29, 0.717) is 0 Å². The van der Waals surface area contributed by atoms with Gasteiger partial charge in [0.05, 0.1) is 5.88 Å². The molecule has 13 heavy (non-hydrogen) atoms. The summed E-state index contributed by atoms with van der Waals surface area (Å²) in [6.07, 6.45) is 0. The molecule has 0 saturated heterocycles. The number of halogens is 1. The Kier molecular flexibility index (Phi) is 2.47. The Labute approximate surface area is 86.6 Å². The minimum atomic E-state index is 0.760. The molecule has 0 saturated carbocycles. The predicted molar refractivity (Wildman–Crippen MR) is 58.2 cm³/mol. The zero-order valence-corrected chi connectivity index (χ0v) is 8.77. The first-order chi connectivity index (χ1) is 6.25.